The van der Waals surface area contributed by atoms with Crippen LogP contribution in [0.3, 0.4) is 0 Å². The standard InChI is InChI=1S/C19H25ClF3N3O/c1-25-9-8-16(17(25)13-2-4-15(20)5-3-13)24-18(27)14-6-10-26(11-7-14)12-19(21,22)23/h2-5,14,16-17H,6-12H2,1H3,(H,24,27)/t16-,17-/m1/s1. The van der Waals surface area contributed by atoms with Gasteiger partial charge in [0.2, 0.25) is 5.91 Å². The smallest absolute Gasteiger partial charge is 0.351 e. The van der Waals surface area contributed by atoms with Gasteiger partial charge in [0.1, 0.15) is 0 Å². The molecule has 0 aliphatic carbocycles. The van der Waals surface area contributed by atoms with Gasteiger partial charge in [-0.2, -0.15) is 13.2 Å². The Bertz CT molecular complexity index is 645. The number of carbonyl (C=O) groups excluding carboxylic acids is 1. The van der Waals surface area contributed by atoms with Crippen LogP contribution in [-0.2, 0) is 4.79 Å². The van der Waals surface area contributed by atoms with E-state index < -0.39 is 12.7 Å². The molecular weight excluding hydrogens is 379 g/mol. The first-order valence-electron chi connectivity index (χ1n) is 9.28. The summed E-state index contributed by atoms with van der Waals surface area (Å²) < 4.78 is 37.5. The molecule has 4 nitrogen and oxygen atoms in total. The Hall–Kier alpha value is -1.31. The van der Waals surface area contributed by atoms with Crippen LogP contribution in [0.1, 0.15) is 30.9 Å². The van der Waals surface area contributed by atoms with E-state index in [1.807, 2.05) is 31.3 Å². The van der Waals surface area contributed by atoms with Crippen LogP contribution in [0, 0.1) is 5.92 Å². The monoisotopic (exact) mass is 403 g/mol. The zero-order valence-corrected chi connectivity index (χ0v) is 16.1. The molecule has 2 saturated heterocycles. The SMILES string of the molecule is CN1CC[C@@H](NC(=O)C2CCN(CC(F)(F)F)CC2)[C@H]1c1ccc(Cl)cc1. The number of carbonyl (C=O) groups is 1. The Kier molecular flexibility index (Phi) is 6.33. The second-order valence-corrected chi connectivity index (χ2v) is 7.98. The Labute approximate surface area is 162 Å². The first-order chi connectivity index (χ1) is 12.7. The predicted octanol–water partition coefficient (Wildman–Crippen LogP) is 3.48. The summed E-state index contributed by atoms with van der Waals surface area (Å²) >= 11 is 5.97. The number of rotatable bonds is 4. The van der Waals surface area contributed by atoms with Gasteiger partial charge in [0, 0.05) is 23.5 Å². The highest BCUT2D eigenvalue weighted by Crippen LogP contribution is 2.32. The molecule has 27 heavy (non-hydrogen) atoms. The van der Waals surface area contributed by atoms with Crippen molar-refractivity contribution < 1.29 is 18.0 Å². The molecule has 1 amide bonds. The van der Waals surface area contributed by atoms with E-state index >= 15 is 0 Å². The number of likely N-dealkylation sites (N-methyl/N-ethyl adjacent to an activating group) is 1. The highest BCUT2D eigenvalue weighted by molar-refractivity contribution is 6.30. The van der Waals surface area contributed by atoms with Crippen molar-refractivity contribution in [2.45, 2.75) is 37.5 Å². The second kappa shape index (κ2) is 8.37. The normalized spacial score (nSPS) is 25.7. The molecular formula is C19H25ClF3N3O. The number of benzene rings is 1. The van der Waals surface area contributed by atoms with Gasteiger partial charge in [-0.1, -0.05) is 23.7 Å². The number of nitrogens with zero attached hydrogens (tertiary/aromatic N) is 2. The van der Waals surface area contributed by atoms with Crippen LogP contribution in [0.15, 0.2) is 24.3 Å². The zero-order chi connectivity index (χ0) is 19.6. The van der Waals surface area contributed by atoms with Crippen molar-refractivity contribution in [3.63, 3.8) is 0 Å². The van der Waals surface area contributed by atoms with Crippen LogP contribution in [-0.4, -0.2) is 61.2 Å². The van der Waals surface area contributed by atoms with Gasteiger partial charge in [-0.25, -0.2) is 0 Å². The van der Waals surface area contributed by atoms with Gasteiger partial charge in [-0.3, -0.25) is 14.6 Å². The summed E-state index contributed by atoms with van der Waals surface area (Å²) in [5.74, 6) is -0.257. The number of alkyl halides is 3. The second-order valence-electron chi connectivity index (χ2n) is 7.55. The minimum absolute atomic E-state index is 0.00289. The van der Waals surface area contributed by atoms with E-state index in [0.717, 1.165) is 18.5 Å². The van der Waals surface area contributed by atoms with Crippen molar-refractivity contribution in [2.75, 3.05) is 33.2 Å². The molecule has 8 heteroatoms. The molecule has 2 heterocycles. The topological polar surface area (TPSA) is 35.6 Å². The maximum Gasteiger partial charge on any atom is 0.401 e. The maximum atomic E-state index is 12.7. The Morgan fingerprint density at radius 3 is 2.37 bits per heavy atom. The number of piperidine rings is 1. The molecule has 1 aromatic rings. The number of hydrogen-bond donors (Lipinski definition) is 1. The van der Waals surface area contributed by atoms with Gasteiger partial charge in [0.05, 0.1) is 12.6 Å². The fourth-order valence-electron chi connectivity index (χ4n) is 4.15. The fraction of sp³-hybridized carbons (Fsp3) is 0.632. The lowest BCUT2D eigenvalue weighted by molar-refractivity contribution is -0.149. The summed E-state index contributed by atoms with van der Waals surface area (Å²) in [7, 11) is 2.03. The van der Waals surface area contributed by atoms with Crippen LogP contribution >= 0.6 is 11.6 Å². The van der Waals surface area contributed by atoms with E-state index in [1.165, 1.54) is 4.90 Å². The molecule has 0 spiro atoms. The van der Waals surface area contributed by atoms with Crippen LogP contribution < -0.4 is 5.32 Å². The van der Waals surface area contributed by atoms with Crippen molar-refractivity contribution in [2.24, 2.45) is 5.92 Å². The van der Waals surface area contributed by atoms with Gasteiger partial charge in [-0.05, 0) is 57.1 Å². The van der Waals surface area contributed by atoms with Crippen LogP contribution in [0.5, 0.6) is 0 Å². The average Bonchev–Trinajstić information content (AvgIpc) is 2.95. The largest absolute Gasteiger partial charge is 0.401 e. The molecule has 2 fully saturated rings. The molecule has 0 aromatic heterocycles. The van der Waals surface area contributed by atoms with Gasteiger partial charge in [-0.15, -0.1) is 0 Å². The van der Waals surface area contributed by atoms with Gasteiger partial charge in [0.25, 0.3) is 0 Å². The fourth-order valence-corrected chi connectivity index (χ4v) is 4.28. The molecule has 1 N–H and O–H groups in total. The summed E-state index contributed by atoms with van der Waals surface area (Å²) in [5.41, 5.74) is 1.10. The highest BCUT2D eigenvalue weighted by Gasteiger charge is 2.37. The lowest BCUT2D eigenvalue weighted by Gasteiger charge is -2.33. The van der Waals surface area contributed by atoms with E-state index in [1.54, 1.807) is 0 Å². The first-order valence-corrected chi connectivity index (χ1v) is 9.66. The van der Waals surface area contributed by atoms with Crippen molar-refractivity contribution >= 4 is 17.5 Å². The van der Waals surface area contributed by atoms with Crippen molar-refractivity contribution in [1.29, 1.82) is 0 Å². The molecule has 0 bridgehead atoms. The summed E-state index contributed by atoms with van der Waals surface area (Å²) in [4.78, 5) is 16.3. The van der Waals surface area contributed by atoms with Crippen LogP contribution in [0.4, 0.5) is 13.2 Å². The van der Waals surface area contributed by atoms with Crippen LogP contribution in [0.2, 0.25) is 5.02 Å². The predicted molar refractivity (Wildman–Crippen MR) is 98.6 cm³/mol. The van der Waals surface area contributed by atoms with Gasteiger partial charge < -0.3 is 5.32 Å². The molecule has 150 valence electrons. The molecule has 3 rings (SSSR count). The maximum absolute atomic E-state index is 12.7. The first kappa shape index (κ1) is 20.4. The molecule has 2 aliphatic rings. The van der Waals surface area contributed by atoms with Crippen molar-refractivity contribution in [3.8, 4) is 0 Å². The Balaban J connectivity index is 1.56. The zero-order valence-electron chi connectivity index (χ0n) is 15.3. The van der Waals surface area contributed by atoms with Gasteiger partial charge >= 0.3 is 6.18 Å². The quantitative estimate of drug-likeness (QED) is 0.836. The number of nitrogens with one attached hydrogen (secondary N) is 1. The number of likely N-dealkylation sites (tertiary alicyclic amines) is 2. The van der Waals surface area contributed by atoms with Crippen molar-refractivity contribution in [1.82, 2.24) is 15.1 Å². The van der Waals surface area contributed by atoms with E-state index in [2.05, 4.69) is 10.2 Å². The van der Waals surface area contributed by atoms with E-state index in [9.17, 15) is 18.0 Å². The minimum atomic E-state index is -4.19. The minimum Gasteiger partial charge on any atom is -0.351 e. The average molecular weight is 404 g/mol. The third-order valence-corrected chi connectivity index (χ3v) is 5.80. The van der Waals surface area contributed by atoms with E-state index in [4.69, 9.17) is 11.6 Å². The van der Waals surface area contributed by atoms with Gasteiger partial charge in [0.15, 0.2) is 0 Å². The highest BCUT2D eigenvalue weighted by atomic mass is 35.5. The lowest BCUT2D eigenvalue weighted by atomic mass is 9.94. The lowest BCUT2D eigenvalue weighted by Crippen LogP contribution is -2.46. The third-order valence-electron chi connectivity index (χ3n) is 5.55. The molecule has 2 atom stereocenters. The number of amides is 1. The summed E-state index contributed by atoms with van der Waals surface area (Å²) in [6.07, 6.45) is -2.40. The van der Waals surface area contributed by atoms with E-state index in [-0.39, 0.29) is 23.9 Å². The summed E-state index contributed by atoms with van der Waals surface area (Å²) in [5, 5.41) is 3.82. The summed E-state index contributed by atoms with van der Waals surface area (Å²) in [6.45, 7) is 0.598. The van der Waals surface area contributed by atoms with E-state index in [0.29, 0.717) is 31.0 Å². The summed E-state index contributed by atoms with van der Waals surface area (Å²) in [6, 6.07) is 7.72. The molecule has 0 unspecified atom stereocenters. The van der Waals surface area contributed by atoms with Crippen molar-refractivity contribution in [3.05, 3.63) is 34.9 Å². The number of halogens is 4. The number of hydrogen-bond acceptors (Lipinski definition) is 3. The molecule has 1 aromatic carbocycles. The molecule has 0 saturated carbocycles. The Morgan fingerprint density at radius 2 is 1.78 bits per heavy atom. The third kappa shape index (κ3) is 5.36. The molecule has 2 aliphatic heterocycles. The van der Waals surface area contributed by atoms with Crippen LogP contribution in [0.25, 0.3) is 0 Å². The molecule has 0 radical (unpaired) electrons. The Morgan fingerprint density at radius 1 is 1.15 bits per heavy atom.